The van der Waals surface area contributed by atoms with Crippen LogP contribution in [0.25, 0.3) is 0 Å². The summed E-state index contributed by atoms with van der Waals surface area (Å²) in [6, 6.07) is 5.98. The summed E-state index contributed by atoms with van der Waals surface area (Å²) in [5.41, 5.74) is 0.670. The van der Waals surface area contributed by atoms with Crippen LogP contribution in [0.2, 0.25) is 0 Å². The van der Waals surface area contributed by atoms with Crippen molar-refractivity contribution in [3.63, 3.8) is 0 Å². The Balaban J connectivity index is 1.90. The van der Waals surface area contributed by atoms with Crippen LogP contribution in [0.1, 0.15) is 25.7 Å². The van der Waals surface area contributed by atoms with E-state index in [0.29, 0.717) is 11.6 Å². The van der Waals surface area contributed by atoms with Gasteiger partial charge in [0, 0.05) is 18.3 Å². The van der Waals surface area contributed by atoms with Crippen molar-refractivity contribution in [1.29, 1.82) is 0 Å². The van der Waals surface area contributed by atoms with Crippen LogP contribution in [0.15, 0.2) is 24.3 Å². The SMILES string of the molecule is FC(F)(F)Oc1cccc(NCC2CCCC2)c1. The maximum absolute atomic E-state index is 12.1. The molecule has 0 radical (unpaired) electrons. The smallest absolute Gasteiger partial charge is 0.406 e. The lowest BCUT2D eigenvalue weighted by atomic mass is 10.1. The number of hydrogen-bond acceptors (Lipinski definition) is 2. The fourth-order valence-corrected chi connectivity index (χ4v) is 2.28. The number of hydrogen-bond donors (Lipinski definition) is 1. The van der Waals surface area contributed by atoms with Crippen LogP contribution in [-0.4, -0.2) is 12.9 Å². The molecule has 2 rings (SSSR count). The fraction of sp³-hybridized carbons (Fsp3) is 0.538. The number of halogens is 3. The minimum atomic E-state index is -4.63. The van der Waals surface area contributed by atoms with Crippen LogP contribution in [0, 0.1) is 5.92 Å². The Morgan fingerprint density at radius 1 is 1.22 bits per heavy atom. The molecule has 1 N–H and O–H groups in total. The van der Waals surface area contributed by atoms with E-state index in [1.165, 1.54) is 37.8 Å². The number of benzene rings is 1. The molecule has 0 heterocycles. The van der Waals surface area contributed by atoms with Gasteiger partial charge in [0.2, 0.25) is 0 Å². The van der Waals surface area contributed by atoms with E-state index in [4.69, 9.17) is 0 Å². The van der Waals surface area contributed by atoms with Gasteiger partial charge in [-0.05, 0) is 30.9 Å². The van der Waals surface area contributed by atoms with Crippen LogP contribution in [0.3, 0.4) is 0 Å². The predicted molar refractivity (Wildman–Crippen MR) is 63.6 cm³/mol. The summed E-state index contributed by atoms with van der Waals surface area (Å²) >= 11 is 0. The van der Waals surface area contributed by atoms with Gasteiger partial charge < -0.3 is 10.1 Å². The molecule has 100 valence electrons. The topological polar surface area (TPSA) is 21.3 Å². The van der Waals surface area contributed by atoms with E-state index in [9.17, 15) is 13.2 Å². The molecule has 2 nitrogen and oxygen atoms in total. The van der Waals surface area contributed by atoms with Gasteiger partial charge >= 0.3 is 6.36 Å². The van der Waals surface area contributed by atoms with Gasteiger partial charge in [0.25, 0.3) is 0 Å². The van der Waals surface area contributed by atoms with E-state index in [-0.39, 0.29) is 5.75 Å². The lowest BCUT2D eigenvalue weighted by Gasteiger charge is -2.13. The number of rotatable bonds is 4. The van der Waals surface area contributed by atoms with Crippen LogP contribution in [0.4, 0.5) is 18.9 Å². The average molecular weight is 259 g/mol. The first kappa shape index (κ1) is 13.1. The molecule has 0 aromatic heterocycles. The summed E-state index contributed by atoms with van der Waals surface area (Å²) in [6.45, 7) is 0.815. The van der Waals surface area contributed by atoms with Crippen molar-refractivity contribution >= 4 is 5.69 Å². The summed E-state index contributed by atoms with van der Waals surface area (Å²) in [6.07, 6.45) is 0.273. The molecule has 5 heteroatoms. The zero-order valence-corrected chi connectivity index (χ0v) is 9.96. The van der Waals surface area contributed by atoms with Gasteiger partial charge in [-0.2, -0.15) is 0 Å². The molecule has 0 atom stereocenters. The average Bonchev–Trinajstić information content (AvgIpc) is 2.77. The molecular formula is C13H16F3NO. The Morgan fingerprint density at radius 2 is 1.94 bits per heavy atom. The first-order valence-electron chi connectivity index (χ1n) is 6.12. The second kappa shape index (κ2) is 5.50. The molecular weight excluding hydrogens is 243 g/mol. The third-order valence-corrected chi connectivity index (χ3v) is 3.14. The van der Waals surface area contributed by atoms with Gasteiger partial charge in [-0.3, -0.25) is 0 Å². The van der Waals surface area contributed by atoms with E-state index >= 15 is 0 Å². The summed E-state index contributed by atoms with van der Waals surface area (Å²) in [4.78, 5) is 0. The molecule has 0 spiro atoms. The van der Waals surface area contributed by atoms with Crippen molar-refractivity contribution in [2.24, 2.45) is 5.92 Å². The summed E-state index contributed by atoms with van der Waals surface area (Å²) in [5.74, 6) is 0.455. The number of nitrogens with one attached hydrogen (secondary N) is 1. The highest BCUT2D eigenvalue weighted by atomic mass is 19.4. The van der Waals surface area contributed by atoms with Gasteiger partial charge in [0.15, 0.2) is 0 Å². The summed E-state index contributed by atoms with van der Waals surface area (Å²) in [5, 5.41) is 3.17. The van der Waals surface area contributed by atoms with E-state index in [1.54, 1.807) is 12.1 Å². The summed E-state index contributed by atoms with van der Waals surface area (Å²) < 4.78 is 40.1. The van der Waals surface area contributed by atoms with Crippen molar-refractivity contribution < 1.29 is 17.9 Å². The highest BCUT2D eigenvalue weighted by Crippen LogP contribution is 2.27. The maximum Gasteiger partial charge on any atom is 0.573 e. The van der Waals surface area contributed by atoms with E-state index in [1.807, 2.05) is 0 Å². The molecule has 1 aromatic rings. The molecule has 1 aliphatic rings. The Kier molecular flexibility index (Phi) is 3.99. The van der Waals surface area contributed by atoms with Gasteiger partial charge in [0.1, 0.15) is 5.75 Å². The lowest BCUT2D eigenvalue weighted by Crippen LogP contribution is -2.17. The van der Waals surface area contributed by atoms with Crippen molar-refractivity contribution in [3.05, 3.63) is 24.3 Å². The lowest BCUT2D eigenvalue weighted by molar-refractivity contribution is -0.274. The first-order chi connectivity index (χ1) is 8.53. The molecule has 0 aliphatic heterocycles. The van der Waals surface area contributed by atoms with Crippen LogP contribution in [-0.2, 0) is 0 Å². The largest absolute Gasteiger partial charge is 0.573 e. The predicted octanol–water partition coefficient (Wildman–Crippen LogP) is 4.19. The minimum absolute atomic E-state index is 0.182. The molecule has 1 aliphatic carbocycles. The standard InChI is InChI=1S/C13H16F3NO/c14-13(15,16)18-12-7-3-6-11(8-12)17-9-10-4-1-2-5-10/h3,6-8,10,17H,1-2,4-5,9H2. The Hall–Kier alpha value is -1.39. The zero-order valence-electron chi connectivity index (χ0n) is 9.96. The molecule has 0 amide bonds. The number of anilines is 1. The van der Waals surface area contributed by atoms with Crippen LogP contribution >= 0.6 is 0 Å². The third kappa shape index (κ3) is 4.13. The third-order valence-electron chi connectivity index (χ3n) is 3.14. The van der Waals surface area contributed by atoms with Gasteiger partial charge in [-0.25, -0.2) is 0 Å². The highest BCUT2D eigenvalue weighted by molar-refractivity contribution is 5.48. The molecule has 1 fully saturated rings. The van der Waals surface area contributed by atoms with E-state index in [2.05, 4.69) is 10.1 Å². The van der Waals surface area contributed by atoms with Crippen LogP contribution in [0.5, 0.6) is 5.75 Å². The molecule has 1 saturated carbocycles. The molecule has 18 heavy (non-hydrogen) atoms. The van der Waals surface area contributed by atoms with Crippen LogP contribution < -0.4 is 10.1 Å². The maximum atomic E-state index is 12.1. The van der Waals surface area contributed by atoms with Crippen molar-refractivity contribution in [2.45, 2.75) is 32.0 Å². The molecule has 1 aromatic carbocycles. The van der Waals surface area contributed by atoms with Crippen molar-refractivity contribution in [2.75, 3.05) is 11.9 Å². The second-order valence-electron chi connectivity index (χ2n) is 4.61. The second-order valence-corrected chi connectivity index (χ2v) is 4.61. The van der Waals surface area contributed by atoms with Crippen molar-refractivity contribution in [1.82, 2.24) is 0 Å². The normalized spacial score (nSPS) is 16.8. The Morgan fingerprint density at radius 3 is 2.61 bits per heavy atom. The van der Waals surface area contributed by atoms with Gasteiger partial charge in [-0.15, -0.1) is 13.2 Å². The van der Waals surface area contributed by atoms with E-state index in [0.717, 1.165) is 6.54 Å². The zero-order chi connectivity index (χ0) is 13.0. The quantitative estimate of drug-likeness (QED) is 0.875. The number of alkyl halides is 3. The minimum Gasteiger partial charge on any atom is -0.406 e. The Labute approximate surface area is 104 Å². The molecule has 0 saturated heterocycles. The number of ether oxygens (including phenoxy) is 1. The molecule has 0 bridgehead atoms. The summed E-state index contributed by atoms with van der Waals surface area (Å²) in [7, 11) is 0. The Bertz CT molecular complexity index is 386. The van der Waals surface area contributed by atoms with E-state index < -0.39 is 6.36 Å². The van der Waals surface area contributed by atoms with Gasteiger partial charge in [0.05, 0.1) is 0 Å². The fourth-order valence-electron chi connectivity index (χ4n) is 2.28. The molecule has 0 unspecified atom stereocenters. The first-order valence-corrected chi connectivity index (χ1v) is 6.12. The van der Waals surface area contributed by atoms with Gasteiger partial charge in [-0.1, -0.05) is 18.9 Å². The highest BCUT2D eigenvalue weighted by Gasteiger charge is 2.31. The monoisotopic (exact) mass is 259 g/mol. The van der Waals surface area contributed by atoms with Crippen molar-refractivity contribution in [3.8, 4) is 5.75 Å².